The molecule has 1 amide bonds. The smallest absolute Gasteiger partial charge is 0.292 e. The Kier molecular flexibility index (Phi) is 5.71. The minimum absolute atomic E-state index is 0.00237. The largest absolute Gasteiger partial charge is 0.366 e. The number of nitro groups is 1. The Hall–Kier alpha value is -2.62. The quantitative estimate of drug-likeness (QED) is 0.613. The molecule has 0 aromatic heterocycles. The molecule has 0 radical (unpaired) electrons. The van der Waals surface area contributed by atoms with Crippen LogP contribution in [0.1, 0.15) is 44.1 Å². The van der Waals surface area contributed by atoms with Crippen molar-refractivity contribution in [2.75, 3.05) is 31.1 Å². The highest BCUT2D eigenvalue weighted by molar-refractivity contribution is 5.79. The summed E-state index contributed by atoms with van der Waals surface area (Å²) < 4.78 is 0. The number of carbonyl (C=O) groups excluding carboxylic acids is 1. The molecule has 3 rings (SSSR count). The number of nitro benzene ring substituents is 1. The van der Waals surface area contributed by atoms with Gasteiger partial charge >= 0.3 is 0 Å². The summed E-state index contributed by atoms with van der Waals surface area (Å²) in [4.78, 5) is 27.6. The molecule has 138 valence electrons. The van der Waals surface area contributed by atoms with Gasteiger partial charge in [-0.05, 0) is 37.8 Å². The van der Waals surface area contributed by atoms with Crippen LogP contribution >= 0.6 is 0 Å². The molecule has 7 heteroatoms. The van der Waals surface area contributed by atoms with Crippen molar-refractivity contribution in [3.8, 4) is 6.07 Å². The van der Waals surface area contributed by atoms with Crippen molar-refractivity contribution in [1.82, 2.24) is 4.90 Å². The lowest BCUT2D eigenvalue weighted by molar-refractivity contribution is -0.384. The summed E-state index contributed by atoms with van der Waals surface area (Å²) in [7, 11) is 0. The number of nitriles is 1. The number of benzene rings is 1. The average molecular weight is 356 g/mol. The molecule has 2 saturated heterocycles. The van der Waals surface area contributed by atoms with Gasteiger partial charge in [0, 0.05) is 38.2 Å². The standard InChI is InChI=1S/C19H24N4O3/c20-14-15-5-6-17(23(25)26)18(13-15)21-11-7-16(8-12-21)19(24)22-9-3-1-2-4-10-22/h5-6,13,16H,1-4,7-12H2. The molecule has 2 aliphatic heterocycles. The van der Waals surface area contributed by atoms with E-state index in [1.54, 1.807) is 6.07 Å². The van der Waals surface area contributed by atoms with E-state index in [1.165, 1.54) is 25.0 Å². The zero-order valence-electron chi connectivity index (χ0n) is 14.9. The minimum Gasteiger partial charge on any atom is -0.366 e. The number of hydrogen-bond donors (Lipinski definition) is 0. The Morgan fingerprint density at radius 1 is 1.12 bits per heavy atom. The van der Waals surface area contributed by atoms with Gasteiger partial charge in [-0.2, -0.15) is 5.26 Å². The van der Waals surface area contributed by atoms with Crippen LogP contribution in [0.4, 0.5) is 11.4 Å². The first kappa shape index (κ1) is 18.2. The Labute approximate surface area is 153 Å². The van der Waals surface area contributed by atoms with E-state index in [0.29, 0.717) is 37.2 Å². The lowest BCUT2D eigenvalue weighted by atomic mass is 9.94. The molecule has 0 spiro atoms. The van der Waals surface area contributed by atoms with Crippen molar-refractivity contribution < 1.29 is 9.72 Å². The number of hydrogen-bond acceptors (Lipinski definition) is 5. The van der Waals surface area contributed by atoms with Crippen molar-refractivity contribution in [2.24, 2.45) is 5.92 Å². The highest BCUT2D eigenvalue weighted by Crippen LogP contribution is 2.33. The van der Waals surface area contributed by atoms with E-state index in [-0.39, 0.29) is 17.5 Å². The van der Waals surface area contributed by atoms with Gasteiger partial charge in [-0.1, -0.05) is 12.8 Å². The van der Waals surface area contributed by atoms with Crippen LogP contribution in [0.25, 0.3) is 0 Å². The second-order valence-corrected chi connectivity index (χ2v) is 7.07. The van der Waals surface area contributed by atoms with E-state index in [9.17, 15) is 14.9 Å². The summed E-state index contributed by atoms with van der Waals surface area (Å²) >= 11 is 0. The third-order valence-electron chi connectivity index (χ3n) is 5.40. The van der Waals surface area contributed by atoms with Crippen molar-refractivity contribution in [3.63, 3.8) is 0 Å². The molecule has 0 atom stereocenters. The minimum atomic E-state index is -0.412. The number of likely N-dealkylation sites (tertiary alicyclic amines) is 1. The number of nitrogens with zero attached hydrogens (tertiary/aromatic N) is 4. The fourth-order valence-corrected chi connectivity index (χ4v) is 3.92. The number of anilines is 1. The van der Waals surface area contributed by atoms with Gasteiger partial charge < -0.3 is 9.80 Å². The molecule has 1 aromatic carbocycles. The van der Waals surface area contributed by atoms with E-state index in [4.69, 9.17) is 5.26 Å². The van der Waals surface area contributed by atoms with Crippen LogP contribution in [-0.4, -0.2) is 41.9 Å². The molecule has 7 nitrogen and oxygen atoms in total. The molecule has 0 bridgehead atoms. The average Bonchev–Trinajstić information content (AvgIpc) is 2.96. The number of amides is 1. The van der Waals surface area contributed by atoms with Crippen LogP contribution in [-0.2, 0) is 4.79 Å². The topological polar surface area (TPSA) is 90.5 Å². The predicted molar refractivity (Wildman–Crippen MR) is 97.8 cm³/mol. The molecule has 2 heterocycles. The fourth-order valence-electron chi connectivity index (χ4n) is 3.92. The summed E-state index contributed by atoms with van der Waals surface area (Å²) in [6.07, 6.45) is 5.95. The first-order valence-electron chi connectivity index (χ1n) is 9.32. The number of piperidine rings is 1. The number of carbonyl (C=O) groups is 1. The van der Waals surface area contributed by atoms with Crippen LogP contribution < -0.4 is 4.90 Å². The van der Waals surface area contributed by atoms with E-state index in [1.807, 2.05) is 15.9 Å². The van der Waals surface area contributed by atoms with Crippen LogP contribution in [0.3, 0.4) is 0 Å². The van der Waals surface area contributed by atoms with Crippen molar-refractivity contribution in [1.29, 1.82) is 5.26 Å². The summed E-state index contributed by atoms with van der Waals surface area (Å²) in [6.45, 7) is 2.91. The second kappa shape index (κ2) is 8.17. The molecule has 2 fully saturated rings. The summed E-state index contributed by atoms with van der Waals surface area (Å²) in [5.74, 6) is 0.245. The van der Waals surface area contributed by atoms with E-state index in [0.717, 1.165) is 25.9 Å². The normalized spacial score (nSPS) is 18.9. The van der Waals surface area contributed by atoms with Gasteiger partial charge in [-0.3, -0.25) is 14.9 Å². The summed E-state index contributed by atoms with van der Waals surface area (Å²) in [5.41, 5.74) is 0.907. The van der Waals surface area contributed by atoms with Crippen LogP contribution in [0.2, 0.25) is 0 Å². The first-order chi connectivity index (χ1) is 12.6. The molecular weight excluding hydrogens is 332 g/mol. The van der Waals surface area contributed by atoms with Crippen molar-refractivity contribution in [3.05, 3.63) is 33.9 Å². The van der Waals surface area contributed by atoms with Gasteiger partial charge in [0.25, 0.3) is 5.69 Å². The van der Waals surface area contributed by atoms with Gasteiger partial charge in [-0.15, -0.1) is 0 Å². The van der Waals surface area contributed by atoms with Gasteiger partial charge in [-0.25, -0.2) is 0 Å². The highest BCUT2D eigenvalue weighted by atomic mass is 16.6. The monoisotopic (exact) mass is 356 g/mol. The van der Waals surface area contributed by atoms with Gasteiger partial charge in [0.15, 0.2) is 0 Å². The Bertz CT molecular complexity index is 712. The molecule has 0 N–H and O–H groups in total. The number of rotatable bonds is 3. The van der Waals surface area contributed by atoms with E-state index < -0.39 is 4.92 Å². The molecule has 0 saturated carbocycles. The zero-order valence-corrected chi connectivity index (χ0v) is 14.9. The Balaban J connectivity index is 1.68. The molecule has 0 aliphatic carbocycles. The SMILES string of the molecule is N#Cc1ccc([N+](=O)[O-])c(N2CCC(C(=O)N3CCCCCC3)CC2)c1. The van der Waals surface area contributed by atoms with Crippen LogP contribution in [0, 0.1) is 27.4 Å². The van der Waals surface area contributed by atoms with Crippen LogP contribution in [0.5, 0.6) is 0 Å². The molecule has 1 aromatic rings. The molecular formula is C19H24N4O3. The van der Waals surface area contributed by atoms with Gasteiger partial charge in [0.05, 0.1) is 16.6 Å². The van der Waals surface area contributed by atoms with Crippen LogP contribution in [0.15, 0.2) is 18.2 Å². The Morgan fingerprint density at radius 2 is 1.77 bits per heavy atom. The van der Waals surface area contributed by atoms with Crippen molar-refractivity contribution >= 4 is 17.3 Å². The lowest BCUT2D eigenvalue weighted by Crippen LogP contribution is -2.43. The predicted octanol–water partition coefficient (Wildman–Crippen LogP) is 3.09. The summed E-state index contributed by atoms with van der Waals surface area (Å²) in [5, 5.41) is 20.4. The third kappa shape index (κ3) is 3.96. The summed E-state index contributed by atoms with van der Waals surface area (Å²) in [6, 6.07) is 6.48. The third-order valence-corrected chi connectivity index (χ3v) is 5.40. The molecule has 0 unspecified atom stereocenters. The first-order valence-corrected chi connectivity index (χ1v) is 9.32. The maximum atomic E-state index is 12.8. The zero-order chi connectivity index (χ0) is 18.5. The van der Waals surface area contributed by atoms with Crippen molar-refractivity contribution in [2.45, 2.75) is 38.5 Å². The van der Waals surface area contributed by atoms with Gasteiger partial charge in [0.2, 0.25) is 5.91 Å². The maximum absolute atomic E-state index is 12.8. The highest BCUT2D eigenvalue weighted by Gasteiger charge is 2.31. The maximum Gasteiger partial charge on any atom is 0.292 e. The molecule has 26 heavy (non-hydrogen) atoms. The lowest BCUT2D eigenvalue weighted by Gasteiger charge is -2.35. The fraction of sp³-hybridized carbons (Fsp3) is 0.579. The Morgan fingerprint density at radius 3 is 2.35 bits per heavy atom. The molecule has 2 aliphatic rings. The second-order valence-electron chi connectivity index (χ2n) is 7.07. The van der Waals surface area contributed by atoms with E-state index >= 15 is 0 Å². The van der Waals surface area contributed by atoms with E-state index in [2.05, 4.69) is 0 Å². The van der Waals surface area contributed by atoms with Gasteiger partial charge in [0.1, 0.15) is 5.69 Å².